The summed E-state index contributed by atoms with van der Waals surface area (Å²) < 4.78 is 10.7. The molecular weight excluding hydrogens is 218 g/mol. The van der Waals surface area contributed by atoms with Crippen LogP contribution in [-0.2, 0) is 6.61 Å². The minimum atomic E-state index is 0.212. The van der Waals surface area contributed by atoms with Gasteiger partial charge in [0.15, 0.2) is 0 Å². The second-order valence-electron chi connectivity index (χ2n) is 4.01. The van der Waals surface area contributed by atoms with Crippen molar-refractivity contribution in [2.24, 2.45) is 0 Å². The second-order valence-corrected chi connectivity index (χ2v) is 4.01. The lowest BCUT2D eigenvalue weighted by Crippen LogP contribution is -2.04. The molecular formula is C12H15N3O2. The maximum atomic E-state index is 5.69. The zero-order chi connectivity index (χ0) is 12.3. The predicted octanol–water partition coefficient (Wildman–Crippen LogP) is 2.35. The molecule has 0 spiro atoms. The molecule has 0 bridgehead atoms. The van der Waals surface area contributed by atoms with Crippen LogP contribution in [0.2, 0.25) is 0 Å². The number of rotatable bonds is 4. The third kappa shape index (κ3) is 2.96. The van der Waals surface area contributed by atoms with Crippen molar-refractivity contribution in [3.63, 3.8) is 0 Å². The molecule has 2 N–H and O–H groups in total. The third-order valence-electron chi connectivity index (χ3n) is 2.20. The molecule has 0 atom stereocenters. The van der Waals surface area contributed by atoms with Gasteiger partial charge in [0.2, 0.25) is 5.88 Å². The van der Waals surface area contributed by atoms with E-state index in [1.54, 1.807) is 12.3 Å². The Morgan fingerprint density at radius 3 is 2.88 bits per heavy atom. The Kier molecular flexibility index (Phi) is 3.27. The van der Waals surface area contributed by atoms with Gasteiger partial charge < -0.3 is 14.9 Å². The summed E-state index contributed by atoms with van der Waals surface area (Å²) in [5.74, 6) is 2.52. The van der Waals surface area contributed by atoms with Gasteiger partial charge in [0.1, 0.15) is 24.0 Å². The fourth-order valence-electron chi connectivity index (χ4n) is 1.33. The first-order chi connectivity index (χ1) is 8.15. The molecule has 0 radical (unpaired) electrons. The van der Waals surface area contributed by atoms with Crippen molar-refractivity contribution in [2.45, 2.75) is 26.4 Å². The van der Waals surface area contributed by atoms with Crippen molar-refractivity contribution in [1.82, 2.24) is 9.97 Å². The van der Waals surface area contributed by atoms with Crippen molar-refractivity contribution in [1.29, 1.82) is 0 Å². The van der Waals surface area contributed by atoms with E-state index in [2.05, 4.69) is 9.97 Å². The standard InChI is InChI=1S/C12H15N3O2/c1-8(2)12-14-10(13)6-11(15-12)17-7-9-4-3-5-16-9/h3-6,8H,7H2,1-2H3,(H2,13,14,15). The van der Waals surface area contributed by atoms with Crippen molar-refractivity contribution in [3.05, 3.63) is 36.0 Å². The summed E-state index contributed by atoms with van der Waals surface area (Å²) in [7, 11) is 0. The lowest BCUT2D eigenvalue weighted by molar-refractivity contribution is 0.259. The normalized spacial score (nSPS) is 10.8. The Morgan fingerprint density at radius 2 is 2.24 bits per heavy atom. The number of aromatic nitrogens is 2. The number of hydrogen-bond acceptors (Lipinski definition) is 5. The first-order valence-corrected chi connectivity index (χ1v) is 5.45. The summed E-state index contributed by atoms with van der Waals surface area (Å²) in [5, 5.41) is 0. The SMILES string of the molecule is CC(C)c1nc(N)cc(OCc2ccco2)n1. The highest BCUT2D eigenvalue weighted by Crippen LogP contribution is 2.17. The van der Waals surface area contributed by atoms with Crippen molar-refractivity contribution in [3.8, 4) is 5.88 Å². The minimum absolute atomic E-state index is 0.212. The van der Waals surface area contributed by atoms with Gasteiger partial charge in [0, 0.05) is 12.0 Å². The fourth-order valence-corrected chi connectivity index (χ4v) is 1.33. The van der Waals surface area contributed by atoms with Crippen LogP contribution in [0.1, 0.15) is 31.4 Å². The molecule has 0 aliphatic carbocycles. The molecule has 5 heteroatoms. The van der Waals surface area contributed by atoms with Crippen LogP contribution in [0, 0.1) is 0 Å². The Labute approximate surface area is 99.6 Å². The molecule has 17 heavy (non-hydrogen) atoms. The maximum absolute atomic E-state index is 5.69. The summed E-state index contributed by atoms with van der Waals surface area (Å²) in [6.45, 7) is 4.34. The number of ether oxygens (including phenoxy) is 1. The second kappa shape index (κ2) is 4.86. The first kappa shape index (κ1) is 11.4. The average molecular weight is 233 g/mol. The molecule has 0 amide bonds. The zero-order valence-corrected chi connectivity index (χ0v) is 9.88. The van der Waals surface area contributed by atoms with Gasteiger partial charge in [-0.2, -0.15) is 4.98 Å². The van der Waals surface area contributed by atoms with E-state index < -0.39 is 0 Å². The van der Waals surface area contributed by atoms with Crippen molar-refractivity contribution in [2.75, 3.05) is 5.73 Å². The first-order valence-electron chi connectivity index (χ1n) is 5.45. The molecule has 0 saturated heterocycles. The van der Waals surface area contributed by atoms with Gasteiger partial charge in [0.25, 0.3) is 0 Å². The van der Waals surface area contributed by atoms with E-state index in [4.69, 9.17) is 14.9 Å². The third-order valence-corrected chi connectivity index (χ3v) is 2.20. The summed E-state index contributed by atoms with van der Waals surface area (Å²) in [5.41, 5.74) is 5.69. The number of nitrogens with two attached hydrogens (primary N) is 1. The molecule has 0 aliphatic rings. The molecule has 0 saturated carbocycles. The van der Waals surface area contributed by atoms with Gasteiger partial charge in [-0.1, -0.05) is 13.8 Å². The van der Waals surface area contributed by atoms with Crippen LogP contribution in [0.25, 0.3) is 0 Å². The Hall–Kier alpha value is -2.04. The van der Waals surface area contributed by atoms with Crippen LogP contribution in [0.3, 0.4) is 0 Å². The van der Waals surface area contributed by atoms with Crippen LogP contribution in [0.4, 0.5) is 5.82 Å². The van der Waals surface area contributed by atoms with Crippen molar-refractivity contribution >= 4 is 5.82 Å². The van der Waals surface area contributed by atoms with E-state index in [1.807, 2.05) is 26.0 Å². The quantitative estimate of drug-likeness (QED) is 0.877. The Morgan fingerprint density at radius 1 is 1.41 bits per heavy atom. The Balaban J connectivity index is 2.10. The van der Waals surface area contributed by atoms with E-state index in [0.717, 1.165) is 5.76 Å². The molecule has 0 aromatic carbocycles. The van der Waals surface area contributed by atoms with Gasteiger partial charge in [-0.3, -0.25) is 0 Å². The molecule has 2 heterocycles. The summed E-state index contributed by atoms with van der Waals surface area (Å²) in [6.07, 6.45) is 1.60. The van der Waals surface area contributed by atoms with E-state index in [0.29, 0.717) is 24.1 Å². The fraction of sp³-hybridized carbons (Fsp3) is 0.333. The molecule has 0 fully saturated rings. The molecule has 5 nitrogen and oxygen atoms in total. The maximum Gasteiger partial charge on any atom is 0.219 e. The van der Waals surface area contributed by atoms with Crippen LogP contribution in [-0.4, -0.2) is 9.97 Å². The van der Waals surface area contributed by atoms with E-state index >= 15 is 0 Å². The van der Waals surface area contributed by atoms with Gasteiger partial charge >= 0.3 is 0 Å². The summed E-state index contributed by atoms with van der Waals surface area (Å²) in [4.78, 5) is 8.42. The molecule has 2 aromatic heterocycles. The van der Waals surface area contributed by atoms with Crippen LogP contribution < -0.4 is 10.5 Å². The van der Waals surface area contributed by atoms with Gasteiger partial charge in [-0.25, -0.2) is 4.98 Å². The largest absolute Gasteiger partial charge is 0.469 e. The van der Waals surface area contributed by atoms with E-state index in [9.17, 15) is 0 Å². The topological polar surface area (TPSA) is 74.2 Å². The zero-order valence-electron chi connectivity index (χ0n) is 9.88. The number of anilines is 1. The van der Waals surface area contributed by atoms with Crippen LogP contribution in [0.5, 0.6) is 5.88 Å². The molecule has 90 valence electrons. The van der Waals surface area contributed by atoms with E-state index in [1.165, 1.54) is 0 Å². The summed E-state index contributed by atoms with van der Waals surface area (Å²) in [6, 6.07) is 5.26. The molecule has 0 unspecified atom stereocenters. The highest BCUT2D eigenvalue weighted by Gasteiger charge is 2.07. The highest BCUT2D eigenvalue weighted by molar-refractivity contribution is 5.33. The lowest BCUT2D eigenvalue weighted by atomic mass is 10.2. The van der Waals surface area contributed by atoms with E-state index in [-0.39, 0.29) is 5.92 Å². The number of nitrogens with zero attached hydrogens (tertiary/aromatic N) is 2. The van der Waals surface area contributed by atoms with Crippen molar-refractivity contribution < 1.29 is 9.15 Å². The predicted molar refractivity (Wildman–Crippen MR) is 63.6 cm³/mol. The molecule has 0 aliphatic heterocycles. The highest BCUT2D eigenvalue weighted by atomic mass is 16.5. The minimum Gasteiger partial charge on any atom is -0.469 e. The number of nitrogen functional groups attached to an aromatic ring is 1. The van der Waals surface area contributed by atoms with Crippen LogP contribution in [0.15, 0.2) is 28.9 Å². The smallest absolute Gasteiger partial charge is 0.219 e. The lowest BCUT2D eigenvalue weighted by Gasteiger charge is -2.08. The molecule has 2 aromatic rings. The number of furan rings is 1. The number of hydrogen-bond donors (Lipinski definition) is 1. The molecule has 2 rings (SSSR count). The van der Waals surface area contributed by atoms with Crippen LogP contribution >= 0.6 is 0 Å². The monoisotopic (exact) mass is 233 g/mol. The average Bonchev–Trinajstić information content (AvgIpc) is 2.78. The Bertz CT molecular complexity index is 481. The van der Waals surface area contributed by atoms with Gasteiger partial charge in [0.05, 0.1) is 6.26 Å². The van der Waals surface area contributed by atoms with Gasteiger partial charge in [-0.05, 0) is 12.1 Å². The van der Waals surface area contributed by atoms with Gasteiger partial charge in [-0.15, -0.1) is 0 Å². The summed E-state index contributed by atoms with van der Waals surface area (Å²) >= 11 is 0.